The van der Waals surface area contributed by atoms with Crippen molar-refractivity contribution in [2.24, 2.45) is 0 Å². The Kier molecular flexibility index (Phi) is 5.71. The standard InChI is InChI=1S/C18H24N2O6S/c1-26-16-7-6-15(10-13(16)11-18(22)23)27(24,25)19-8-2-4-14(12-19)20-9-3-5-17(20)21/h6-7,10,14H,2-5,8-9,11-12H2,1H3,(H,22,23). The highest BCUT2D eigenvalue weighted by Crippen LogP contribution is 2.28. The Morgan fingerprint density at radius 3 is 2.70 bits per heavy atom. The van der Waals surface area contributed by atoms with Gasteiger partial charge in [0.15, 0.2) is 0 Å². The Morgan fingerprint density at radius 1 is 1.30 bits per heavy atom. The SMILES string of the molecule is COc1ccc(S(=O)(=O)N2CCCC(N3CCCC3=O)C2)cc1CC(=O)O. The van der Waals surface area contributed by atoms with Gasteiger partial charge in [-0.2, -0.15) is 4.31 Å². The van der Waals surface area contributed by atoms with E-state index in [1.165, 1.54) is 29.6 Å². The van der Waals surface area contributed by atoms with Crippen molar-refractivity contribution in [3.8, 4) is 5.75 Å². The Labute approximate surface area is 158 Å². The molecule has 2 heterocycles. The molecular weight excluding hydrogens is 372 g/mol. The molecule has 1 aromatic carbocycles. The fourth-order valence-electron chi connectivity index (χ4n) is 3.81. The molecule has 0 aliphatic carbocycles. The number of amides is 1. The van der Waals surface area contributed by atoms with Gasteiger partial charge < -0.3 is 14.7 Å². The third kappa shape index (κ3) is 4.08. The fourth-order valence-corrected chi connectivity index (χ4v) is 5.38. The molecule has 0 spiro atoms. The molecule has 0 saturated carbocycles. The van der Waals surface area contributed by atoms with Gasteiger partial charge in [-0.25, -0.2) is 8.42 Å². The van der Waals surface area contributed by atoms with E-state index in [4.69, 9.17) is 9.84 Å². The quantitative estimate of drug-likeness (QED) is 0.772. The number of rotatable bonds is 6. The van der Waals surface area contributed by atoms with Crippen molar-refractivity contribution in [2.75, 3.05) is 26.7 Å². The maximum atomic E-state index is 13.1. The van der Waals surface area contributed by atoms with Gasteiger partial charge in [-0.1, -0.05) is 0 Å². The highest BCUT2D eigenvalue weighted by molar-refractivity contribution is 7.89. The minimum atomic E-state index is -3.78. The van der Waals surface area contributed by atoms with Crippen molar-refractivity contribution < 1.29 is 27.9 Å². The Hall–Kier alpha value is -2.13. The third-order valence-electron chi connectivity index (χ3n) is 5.14. The number of carbonyl (C=O) groups is 2. The lowest BCUT2D eigenvalue weighted by atomic mass is 10.1. The summed E-state index contributed by atoms with van der Waals surface area (Å²) >= 11 is 0. The highest BCUT2D eigenvalue weighted by Gasteiger charge is 2.36. The molecule has 9 heteroatoms. The van der Waals surface area contributed by atoms with Crippen LogP contribution in [-0.4, -0.2) is 67.4 Å². The number of aliphatic carboxylic acids is 1. The van der Waals surface area contributed by atoms with Crippen molar-refractivity contribution in [3.05, 3.63) is 23.8 Å². The lowest BCUT2D eigenvalue weighted by molar-refractivity contribution is -0.136. The van der Waals surface area contributed by atoms with Crippen LogP contribution >= 0.6 is 0 Å². The Morgan fingerprint density at radius 2 is 2.07 bits per heavy atom. The smallest absolute Gasteiger partial charge is 0.307 e. The van der Waals surface area contributed by atoms with Crippen LogP contribution in [0.25, 0.3) is 0 Å². The minimum absolute atomic E-state index is 0.0490. The van der Waals surface area contributed by atoms with Crippen LogP contribution in [0.1, 0.15) is 31.2 Å². The number of nitrogens with zero attached hydrogens (tertiary/aromatic N) is 2. The summed E-state index contributed by atoms with van der Waals surface area (Å²) in [5, 5.41) is 9.06. The average Bonchev–Trinajstić information content (AvgIpc) is 3.07. The lowest BCUT2D eigenvalue weighted by Gasteiger charge is -2.37. The molecule has 0 bridgehead atoms. The van der Waals surface area contributed by atoms with Crippen LogP contribution in [0.5, 0.6) is 5.75 Å². The summed E-state index contributed by atoms with van der Waals surface area (Å²) in [5.41, 5.74) is 0.314. The van der Waals surface area contributed by atoms with Gasteiger partial charge in [0.1, 0.15) is 5.75 Å². The number of ether oxygens (including phenoxy) is 1. The Balaban J connectivity index is 1.84. The number of carboxylic acids is 1. The molecule has 1 N–H and O–H groups in total. The first-order chi connectivity index (χ1) is 12.8. The van der Waals surface area contributed by atoms with E-state index in [2.05, 4.69) is 0 Å². The number of methoxy groups -OCH3 is 1. The van der Waals surface area contributed by atoms with E-state index in [9.17, 15) is 18.0 Å². The summed E-state index contributed by atoms with van der Waals surface area (Å²) < 4.78 is 32.7. The summed E-state index contributed by atoms with van der Waals surface area (Å²) in [7, 11) is -2.36. The molecule has 1 unspecified atom stereocenters. The van der Waals surface area contributed by atoms with Crippen LogP contribution < -0.4 is 4.74 Å². The number of sulfonamides is 1. The third-order valence-corrected chi connectivity index (χ3v) is 7.00. The van der Waals surface area contributed by atoms with Gasteiger partial charge in [0.05, 0.1) is 18.4 Å². The second-order valence-corrected chi connectivity index (χ2v) is 8.83. The topological polar surface area (TPSA) is 104 Å². The molecule has 1 aromatic rings. The number of hydrogen-bond donors (Lipinski definition) is 1. The summed E-state index contributed by atoms with van der Waals surface area (Å²) in [6.07, 6.45) is 2.51. The monoisotopic (exact) mass is 396 g/mol. The van der Waals surface area contributed by atoms with Gasteiger partial charge in [0.25, 0.3) is 0 Å². The second kappa shape index (κ2) is 7.85. The van der Waals surface area contributed by atoms with Gasteiger partial charge in [-0.15, -0.1) is 0 Å². The number of carbonyl (C=O) groups excluding carboxylic acids is 1. The fraction of sp³-hybridized carbons (Fsp3) is 0.556. The van der Waals surface area contributed by atoms with E-state index < -0.39 is 16.0 Å². The first-order valence-corrected chi connectivity index (χ1v) is 10.5. The maximum absolute atomic E-state index is 13.1. The minimum Gasteiger partial charge on any atom is -0.496 e. The van der Waals surface area contributed by atoms with E-state index in [1.807, 2.05) is 0 Å². The number of likely N-dealkylation sites (tertiary alicyclic amines) is 1. The molecule has 148 valence electrons. The van der Waals surface area contributed by atoms with E-state index >= 15 is 0 Å². The summed E-state index contributed by atoms with van der Waals surface area (Å²) in [4.78, 5) is 24.9. The molecule has 2 aliphatic heterocycles. The molecule has 0 aromatic heterocycles. The summed E-state index contributed by atoms with van der Waals surface area (Å²) in [6, 6.07) is 4.19. The molecular formula is C18H24N2O6S. The molecule has 0 radical (unpaired) electrons. The normalized spacial score (nSPS) is 21.4. The molecule has 27 heavy (non-hydrogen) atoms. The van der Waals surface area contributed by atoms with Gasteiger partial charge >= 0.3 is 5.97 Å². The predicted molar refractivity (Wildman–Crippen MR) is 97.1 cm³/mol. The Bertz CT molecular complexity index is 838. The first kappa shape index (κ1) is 19.6. The van der Waals surface area contributed by atoms with Gasteiger partial charge in [-0.05, 0) is 37.5 Å². The summed E-state index contributed by atoms with van der Waals surface area (Å²) in [5.74, 6) is -0.628. The lowest BCUT2D eigenvalue weighted by Crippen LogP contribution is -2.50. The van der Waals surface area contributed by atoms with Crippen LogP contribution in [0, 0.1) is 0 Å². The van der Waals surface area contributed by atoms with Gasteiger partial charge in [-0.3, -0.25) is 9.59 Å². The number of carboxylic acid groups (broad SMARTS) is 1. The molecule has 2 saturated heterocycles. The molecule has 1 amide bonds. The maximum Gasteiger partial charge on any atom is 0.307 e. The molecule has 2 fully saturated rings. The van der Waals surface area contributed by atoms with Gasteiger partial charge in [0.2, 0.25) is 15.9 Å². The average molecular weight is 396 g/mol. The zero-order valence-corrected chi connectivity index (χ0v) is 16.1. The van der Waals surface area contributed by atoms with E-state index in [-0.39, 0.29) is 29.8 Å². The highest BCUT2D eigenvalue weighted by atomic mass is 32.2. The van der Waals surface area contributed by atoms with Crippen molar-refractivity contribution in [1.29, 1.82) is 0 Å². The van der Waals surface area contributed by atoms with Crippen LogP contribution in [0.15, 0.2) is 23.1 Å². The molecule has 1 atom stereocenters. The zero-order valence-electron chi connectivity index (χ0n) is 15.3. The predicted octanol–water partition coefficient (Wildman–Crippen LogP) is 1.10. The van der Waals surface area contributed by atoms with Crippen LogP contribution in [-0.2, 0) is 26.0 Å². The van der Waals surface area contributed by atoms with Crippen molar-refractivity contribution in [3.63, 3.8) is 0 Å². The van der Waals surface area contributed by atoms with Crippen molar-refractivity contribution in [2.45, 2.75) is 43.0 Å². The van der Waals surface area contributed by atoms with Crippen molar-refractivity contribution >= 4 is 21.9 Å². The molecule has 2 aliphatic rings. The zero-order chi connectivity index (χ0) is 19.6. The van der Waals surface area contributed by atoms with E-state index in [1.54, 1.807) is 4.90 Å². The summed E-state index contributed by atoms with van der Waals surface area (Å²) in [6.45, 7) is 1.35. The number of hydrogen-bond acceptors (Lipinski definition) is 5. The number of benzene rings is 1. The molecule has 3 rings (SSSR count). The van der Waals surface area contributed by atoms with Crippen molar-refractivity contribution in [1.82, 2.24) is 9.21 Å². The van der Waals surface area contributed by atoms with Crippen LogP contribution in [0.4, 0.5) is 0 Å². The second-order valence-electron chi connectivity index (χ2n) is 6.89. The van der Waals surface area contributed by atoms with Crippen LogP contribution in [0.3, 0.4) is 0 Å². The van der Waals surface area contributed by atoms with Gasteiger partial charge in [0, 0.05) is 37.7 Å². The molecule has 8 nitrogen and oxygen atoms in total. The van der Waals surface area contributed by atoms with E-state index in [0.29, 0.717) is 37.2 Å². The van der Waals surface area contributed by atoms with E-state index in [0.717, 1.165) is 12.8 Å². The number of piperidine rings is 1. The van der Waals surface area contributed by atoms with Crippen LogP contribution in [0.2, 0.25) is 0 Å². The largest absolute Gasteiger partial charge is 0.496 e. The first-order valence-electron chi connectivity index (χ1n) is 9.01.